The van der Waals surface area contributed by atoms with Gasteiger partial charge in [-0.2, -0.15) is 0 Å². The first-order valence-corrected chi connectivity index (χ1v) is 5.76. The SMILES string of the molecule is CCCC1=Cc2cc(F)c(Cl)cc2CC1. The quantitative estimate of drug-likeness (QED) is 0.688. The molecule has 1 aliphatic rings. The molecule has 0 fully saturated rings. The van der Waals surface area contributed by atoms with Crippen LogP contribution in [-0.4, -0.2) is 0 Å². The summed E-state index contributed by atoms with van der Waals surface area (Å²) >= 11 is 5.75. The van der Waals surface area contributed by atoms with Gasteiger partial charge in [0.1, 0.15) is 5.82 Å². The van der Waals surface area contributed by atoms with Gasteiger partial charge in [0, 0.05) is 0 Å². The van der Waals surface area contributed by atoms with Crippen LogP contribution in [0.2, 0.25) is 5.02 Å². The summed E-state index contributed by atoms with van der Waals surface area (Å²) < 4.78 is 13.3. The number of hydrogen-bond donors (Lipinski definition) is 0. The molecule has 2 rings (SSSR count). The van der Waals surface area contributed by atoms with Gasteiger partial charge in [-0.05, 0) is 42.5 Å². The maximum atomic E-state index is 13.3. The van der Waals surface area contributed by atoms with Crippen molar-refractivity contribution in [2.75, 3.05) is 0 Å². The number of halogens is 2. The fourth-order valence-electron chi connectivity index (χ4n) is 2.06. The van der Waals surface area contributed by atoms with Gasteiger partial charge in [-0.15, -0.1) is 0 Å². The minimum atomic E-state index is -0.315. The fraction of sp³-hybridized carbons (Fsp3) is 0.385. The van der Waals surface area contributed by atoms with E-state index < -0.39 is 0 Å². The predicted octanol–water partition coefficient (Wildman–Crippen LogP) is 4.61. The van der Waals surface area contributed by atoms with Gasteiger partial charge in [0.15, 0.2) is 0 Å². The average Bonchev–Trinajstić information content (AvgIpc) is 2.21. The van der Waals surface area contributed by atoms with Gasteiger partial charge in [-0.25, -0.2) is 4.39 Å². The van der Waals surface area contributed by atoms with Crippen LogP contribution in [0, 0.1) is 5.82 Å². The zero-order valence-electron chi connectivity index (χ0n) is 8.82. The van der Waals surface area contributed by atoms with Gasteiger partial charge in [0.25, 0.3) is 0 Å². The number of benzene rings is 1. The third-order valence-corrected chi connectivity index (χ3v) is 3.12. The van der Waals surface area contributed by atoms with Crippen LogP contribution < -0.4 is 0 Å². The Morgan fingerprint density at radius 2 is 2.13 bits per heavy atom. The van der Waals surface area contributed by atoms with Gasteiger partial charge in [0.2, 0.25) is 0 Å². The van der Waals surface area contributed by atoms with Crippen molar-refractivity contribution in [1.82, 2.24) is 0 Å². The van der Waals surface area contributed by atoms with Crippen LogP contribution in [0.3, 0.4) is 0 Å². The summed E-state index contributed by atoms with van der Waals surface area (Å²) in [5.41, 5.74) is 3.60. The van der Waals surface area contributed by atoms with Crippen LogP contribution in [0.25, 0.3) is 6.08 Å². The molecule has 0 aliphatic heterocycles. The molecule has 0 radical (unpaired) electrons. The first-order chi connectivity index (χ1) is 7.20. The van der Waals surface area contributed by atoms with Crippen molar-refractivity contribution in [3.8, 4) is 0 Å². The van der Waals surface area contributed by atoms with Gasteiger partial charge in [-0.3, -0.25) is 0 Å². The summed E-state index contributed by atoms with van der Waals surface area (Å²) in [6, 6.07) is 3.30. The van der Waals surface area contributed by atoms with Crippen LogP contribution in [0.15, 0.2) is 17.7 Å². The van der Waals surface area contributed by atoms with Crippen molar-refractivity contribution in [3.63, 3.8) is 0 Å². The molecule has 0 bridgehead atoms. The van der Waals surface area contributed by atoms with Crippen molar-refractivity contribution in [2.24, 2.45) is 0 Å². The maximum Gasteiger partial charge on any atom is 0.142 e. The minimum Gasteiger partial charge on any atom is -0.205 e. The molecular formula is C13H14ClF. The zero-order chi connectivity index (χ0) is 10.8. The molecule has 0 N–H and O–H groups in total. The van der Waals surface area contributed by atoms with Gasteiger partial charge < -0.3 is 0 Å². The Morgan fingerprint density at radius 1 is 1.33 bits per heavy atom. The predicted molar refractivity (Wildman–Crippen MR) is 62.6 cm³/mol. The van der Waals surface area contributed by atoms with E-state index in [0.717, 1.165) is 31.2 Å². The monoisotopic (exact) mass is 224 g/mol. The Hall–Kier alpha value is -0.820. The number of aryl methyl sites for hydroxylation is 1. The van der Waals surface area contributed by atoms with E-state index in [1.807, 2.05) is 0 Å². The largest absolute Gasteiger partial charge is 0.205 e. The Kier molecular flexibility index (Phi) is 3.11. The molecule has 0 amide bonds. The molecule has 1 aromatic carbocycles. The summed E-state index contributed by atoms with van der Waals surface area (Å²) in [5, 5.41) is 0.237. The van der Waals surface area contributed by atoms with E-state index in [9.17, 15) is 4.39 Å². The van der Waals surface area contributed by atoms with E-state index in [0.29, 0.717) is 0 Å². The van der Waals surface area contributed by atoms with Crippen molar-refractivity contribution in [3.05, 3.63) is 39.7 Å². The highest BCUT2D eigenvalue weighted by Crippen LogP contribution is 2.29. The standard InChI is InChI=1S/C13H14ClF/c1-2-3-9-4-5-10-7-12(14)13(15)8-11(10)6-9/h6-8H,2-5H2,1H3. The van der Waals surface area contributed by atoms with Crippen molar-refractivity contribution in [1.29, 1.82) is 0 Å². The Bertz CT molecular complexity index is 407. The lowest BCUT2D eigenvalue weighted by Crippen LogP contribution is -2.00. The molecule has 0 saturated heterocycles. The molecule has 0 spiro atoms. The van der Waals surface area contributed by atoms with Gasteiger partial charge in [-0.1, -0.05) is 36.6 Å². The highest BCUT2D eigenvalue weighted by atomic mass is 35.5. The summed E-state index contributed by atoms with van der Waals surface area (Å²) in [6.07, 6.45) is 6.45. The van der Waals surface area contributed by atoms with Gasteiger partial charge in [0.05, 0.1) is 5.02 Å². The highest BCUT2D eigenvalue weighted by molar-refractivity contribution is 6.30. The molecule has 0 nitrogen and oxygen atoms in total. The normalized spacial score (nSPS) is 14.7. The Labute approximate surface area is 94.8 Å². The molecule has 0 aromatic heterocycles. The van der Waals surface area contributed by atoms with Crippen LogP contribution in [-0.2, 0) is 6.42 Å². The summed E-state index contributed by atoms with van der Waals surface area (Å²) in [6.45, 7) is 2.17. The molecule has 15 heavy (non-hydrogen) atoms. The second-order valence-corrected chi connectivity index (χ2v) is 4.42. The summed E-state index contributed by atoms with van der Waals surface area (Å²) in [4.78, 5) is 0. The first-order valence-electron chi connectivity index (χ1n) is 5.38. The fourth-order valence-corrected chi connectivity index (χ4v) is 2.25. The highest BCUT2D eigenvalue weighted by Gasteiger charge is 2.12. The molecular weight excluding hydrogens is 211 g/mol. The van der Waals surface area contributed by atoms with E-state index in [1.165, 1.54) is 11.1 Å². The first kappa shape index (κ1) is 10.7. The number of allylic oxidation sites excluding steroid dienone is 1. The third-order valence-electron chi connectivity index (χ3n) is 2.83. The second kappa shape index (κ2) is 4.36. The molecule has 1 aliphatic carbocycles. The maximum absolute atomic E-state index is 13.3. The van der Waals surface area contributed by atoms with E-state index in [4.69, 9.17) is 11.6 Å². The number of rotatable bonds is 2. The van der Waals surface area contributed by atoms with Gasteiger partial charge >= 0.3 is 0 Å². The van der Waals surface area contributed by atoms with E-state index in [-0.39, 0.29) is 10.8 Å². The van der Waals surface area contributed by atoms with Crippen molar-refractivity contribution < 1.29 is 4.39 Å². The number of hydrogen-bond acceptors (Lipinski definition) is 0. The van der Waals surface area contributed by atoms with Crippen LogP contribution in [0.1, 0.15) is 37.3 Å². The molecule has 80 valence electrons. The summed E-state index contributed by atoms with van der Waals surface area (Å²) in [7, 11) is 0. The average molecular weight is 225 g/mol. The molecule has 2 heteroatoms. The van der Waals surface area contributed by atoms with E-state index in [1.54, 1.807) is 12.1 Å². The topological polar surface area (TPSA) is 0 Å². The van der Waals surface area contributed by atoms with Crippen LogP contribution in [0.5, 0.6) is 0 Å². The minimum absolute atomic E-state index is 0.237. The van der Waals surface area contributed by atoms with Crippen LogP contribution >= 0.6 is 11.6 Å². The lowest BCUT2D eigenvalue weighted by atomic mass is 9.90. The molecule has 1 aromatic rings. The lowest BCUT2D eigenvalue weighted by Gasteiger charge is -2.16. The smallest absolute Gasteiger partial charge is 0.142 e. The zero-order valence-corrected chi connectivity index (χ0v) is 9.57. The molecule has 0 heterocycles. The van der Waals surface area contributed by atoms with Crippen LogP contribution in [0.4, 0.5) is 4.39 Å². The summed E-state index contributed by atoms with van der Waals surface area (Å²) in [5.74, 6) is -0.315. The Balaban J connectivity index is 2.37. The van der Waals surface area contributed by atoms with Crippen molar-refractivity contribution >= 4 is 17.7 Å². The van der Waals surface area contributed by atoms with E-state index >= 15 is 0 Å². The molecule has 0 unspecified atom stereocenters. The second-order valence-electron chi connectivity index (χ2n) is 4.02. The lowest BCUT2D eigenvalue weighted by molar-refractivity contribution is 0.626. The van der Waals surface area contributed by atoms with E-state index in [2.05, 4.69) is 13.0 Å². The van der Waals surface area contributed by atoms with Crippen molar-refractivity contribution in [2.45, 2.75) is 32.6 Å². The molecule has 0 atom stereocenters. The number of fused-ring (bicyclic) bond motifs is 1. The third kappa shape index (κ3) is 2.23. The molecule has 0 saturated carbocycles. The Morgan fingerprint density at radius 3 is 2.87 bits per heavy atom.